The fourth-order valence-corrected chi connectivity index (χ4v) is 4.18. The van der Waals surface area contributed by atoms with Gasteiger partial charge in [-0.05, 0) is 35.0 Å². The van der Waals surface area contributed by atoms with E-state index in [-0.39, 0.29) is 23.6 Å². The van der Waals surface area contributed by atoms with Crippen LogP contribution in [0.5, 0.6) is 0 Å². The number of likely N-dealkylation sites (N-methyl/N-ethyl adjacent to an activating group) is 1. The molecule has 4 rings (SSSR count). The van der Waals surface area contributed by atoms with Gasteiger partial charge in [-0.15, -0.1) is 0 Å². The van der Waals surface area contributed by atoms with Crippen LogP contribution in [0.2, 0.25) is 0 Å². The van der Waals surface area contributed by atoms with Crippen LogP contribution in [-0.2, 0) is 16.1 Å². The predicted octanol–water partition coefficient (Wildman–Crippen LogP) is 3.22. The Balaban J connectivity index is 1.48. The second-order valence-corrected chi connectivity index (χ2v) is 8.13. The van der Waals surface area contributed by atoms with Crippen LogP contribution in [0.1, 0.15) is 11.1 Å². The standard InChI is InChI=1S/C23H19N3O4S/c1-25(13-16-12-20(27)24-18-10-6-5-9-17(16)18)21(28)14-26-22(29)19(31-23(26)30)11-15-7-3-2-4-8-15/h2-12H,13-14H2,1H3,(H,24,27)/b19-11-. The molecule has 0 bridgehead atoms. The second kappa shape index (κ2) is 8.61. The molecule has 1 aromatic heterocycles. The summed E-state index contributed by atoms with van der Waals surface area (Å²) >= 11 is 0.820. The van der Waals surface area contributed by atoms with Gasteiger partial charge in [0.25, 0.3) is 11.1 Å². The van der Waals surface area contributed by atoms with E-state index in [4.69, 9.17) is 0 Å². The molecule has 0 atom stereocenters. The number of thioether (sulfide) groups is 1. The highest BCUT2D eigenvalue weighted by atomic mass is 32.2. The van der Waals surface area contributed by atoms with E-state index < -0.39 is 17.1 Å². The van der Waals surface area contributed by atoms with E-state index in [1.165, 1.54) is 11.0 Å². The lowest BCUT2D eigenvalue weighted by atomic mass is 10.1. The second-order valence-electron chi connectivity index (χ2n) is 7.13. The SMILES string of the molecule is CN(Cc1cc(=O)[nH]c2ccccc12)C(=O)CN1C(=O)S/C(=C\c2ccccc2)C1=O. The van der Waals surface area contributed by atoms with Crippen molar-refractivity contribution < 1.29 is 14.4 Å². The van der Waals surface area contributed by atoms with Crippen LogP contribution in [0.25, 0.3) is 17.0 Å². The Kier molecular flexibility index (Phi) is 5.73. The molecule has 8 heteroatoms. The molecule has 0 radical (unpaired) electrons. The van der Waals surface area contributed by atoms with E-state index in [9.17, 15) is 19.2 Å². The van der Waals surface area contributed by atoms with Gasteiger partial charge in [0.2, 0.25) is 11.5 Å². The number of nitrogens with one attached hydrogen (secondary N) is 1. The Hall–Kier alpha value is -3.65. The predicted molar refractivity (Wildman–Crippen MR) is 120 cm³/mol. The van der Waals surface area contributed by atoms with Gasteiger partial charge in [0, 0.05) is 30.6 Å². The molecule has 1 saturated heterocycles. The first kappa shape index (κ1) is 20.6. The molecule has 1 aliphatic heterocycles. The average Bonchev–Trinajstić information content (AvgIpc) is 3.01. The summed E-state index contributed by atoms with van der Waals surface area (Å²) in [4.78, 5) is 55.1. The van der Waals surface area contributed by atoms with Crippen LogP contribution in [0.15, 0.2) is 70.4 Å². The first-order valence-electron chi connectivity index (χ1n) is 9.58. The van der Waals surface area contributed by atoms with Crippen LogP contribution in [0, 0.1) is 0 Å². The molecule has 1 N–H and O–H groups in total. The number of amides is 3. The largest absolute Gasteiger partial charge is 0.340 e. The van der Waals surface area contributed by atoms with Crippen molar-refractivity contribution in [3.63, 3.8) is 0 Å². The number of fused-ring (bicyclic) bond motifs is 1. The van der Waals surface area contributed by atoms with Crippen molar-refractivity contribution in [3.8, 4) is 0 Å². The van der Waals surface area contributed by atoms with Gasteiger partial charge < -0.3 is 9.88 Å². The molecule has 2 heterocycles. The van der Waals surface area contributed by atoms with E-state index in [1.54, 1.807) is 19.2 Å². The Morgan fingerprint density at radius 3 is 2.55 bits per heavy atom. The Bertz CT molecular complexity index is 1270. The van der Waals surface area contributed by atoms with Gasteiger partial charge in [-0.2, -0.15) is 0 Å². The zero-order valence-corrected chi connectivity index (χ0v) is 17.5. The van der Waals surface area contributed by atoms with Crippen molar-refractivity contribution >= 4 is 45.8 Å². The number of hydrogen-bond donors (Lipinski definition) is 1. The maximum Gasteiger partial charge on any atom is 0.294 e. The quantitative estimate of drug-likeness (QED) is 0.624. The Morgan fingerprint density at radius 2 is 1.77 bits per heavy atom. The van der Waals surface area contributed by atoms with Gasteiger partial charge in [-0.1, -0.05) is 48.5 Å². The Morgan fingerprint density at radius 1 is 1.06 bits per heavy atom. The van der Waals surface area contributed by atoms with E-state index >= 15 is 0 Å². The zero-order chi connectivity index (χ0) is 22.0. The maximum absolute atomic E-state index is 12.7. The van der Waals surface area contributed by atoms with Crippen molar-refractivity contribution in [2.75, 3.05) is 13.6 Å². The van der Waals surface area contributed by atoms with Gasteiger partial charge in [0.1, 0.15) is 6.54 Å². The van der Waals surface area contributed by atoms with E-state index in [1.807, 2.05) is 48.5 Å². The first-order valence-corrected chi connectivity index (χ1v) is 10.4. The lowest BCUT2D eigenvalue weighted by molar-refractivity contribution is -0.135. The minimum absolute atomic E-state index is 0.180. The van der Waals surface area contributed by atoms with Gasteiger partial charge >= 0.3 is 0 Å². The number of imide groups is 1. The first-order chi connectivity index (χ1) is 14.9. The summed E-state index contributed by atoms with van der Waals surface area (Å²) in [6, 6.07) is 18.0. The lowest BCUT2D eigenvalue weighted by Crippen LogP contribution is -2.40. The molecular weight excluding hydrogens is 414 g/mol. The third-order valence-electron chi connectivity index (χ3n) is 4.93. The van der Waals surface area contributed by atoms with Crippen LogP contribution >= 0.6 is 11.8 Å². The van der Waals surface area contributed by atoms with Crippen LogP contribution in [-0.4, -0.2) is 45.4 Å². The minimum atomic E-state index is -0.484. The van der Waals surface area contributed by atoms with Crippen LogP contribution in [0.3, 0.4) is 0 Å². The summed E-state index contributed by atoms with van der Waals surface area (Å²) in [6.45, 7) is -0.173. The third kappa shape index (κ3) is 4.44. The van der Waals surface area contributed by atoms with Gasteiger partial charge in [0.05, 0.1) is 4.91 Å². The molecule has 31 heavy (non-hydrogen) atoms. The maximum atomic E-state index is 12.7. The summed E-state index contributed by atoms with van der Waals surface area (Å²) in [5.41, 5.74) is 1.92. The normalized spacial score (nSPS) is 15.1. The van der Waals surface area contributed by atoms with Crippen molar-refractivity contribution in [1.29, 1.82) is 0 Å². The summed E-state index contributed by atoms with van der Waals surface area (Å²) in [5, 5.41) is 0.356. The molecule has 1 aliphatic rings. The summed E-state index contributed by atoms with van der Waals surface area (Å²) < 4.78 is 0. The highest BCUT2D eigenvalue weighted by molar-refractivity contribution is 8.18. The number of aromatic amines is 1. The van der Waals surface area contributed by atoms with Crippen molar-refractivity contribution in [1.82, 2.24) is 14.8 Å². The fraction of sp³-hybridized carbons (Fsp3) is 0.130. The van der Waals surface area contributed by atoms with Gasteiger partial charge in [-0.3, -0.25) is 24.1 Å². The van der Waals surface area contributed by atoms with Gasteiger partial charge in [0.15, 0.2) is 0 Å². The molecule has 3 amide bonds. The zero-order valence-electron chi connectivity index (χ0n) is 16.7. The van der Waals surface area contributed by atoms with Gasteiger partial charge in [-0.25, -0.2) is 0 Å². The number of para-hydroxylation sites is 1. The molecule has 3 aromatic rings. The van der Waals surface area contributed by atoms with Crippen LogP contribution < -0.4 is 5.56 Å². The number of benzene rings is 2. The molecule has 156 valence electrons. The van der Waals surface area contributed by atoms with E-state index in [0.717, 1.165) is 27.6 Å². The molecular formula is C23H19N3O4S. The third-order valence-corrected chi connectivity index (χ3v) is 5.84. The molecule has 7 nitrogen and oxygen atoms in total. The molecule has 0 saturated carbocycles. The van der Waals surface area contributed by atoms with E-state index in [0.29, 0.717) is 11.1 Å². The number of H-pyrrole nitrogens is 1. The minimum Gasteiger partial charge on any atom is -0.340 e. The van der Waals surface area contributed by atoms with Crippen molar-refractivity contribution in [2.24, 2.45) is 0 Å². The fourth-order valence-electron chi connectivity index (χ4n) is 3.34. The highest BCUT2D eigenvalue weighted by Crippen LogP contribution is 2.32. The monoisotopic (exact) mass is 433 g/mol. The summed E-state index contributed by atoms with van der Waals surface area (Å²) in [5.74, 6) is -0.880. The topological polar surface area (TPSA) is 90.6 Å². The molecule has 1 fully saturated rings. The molecule has 0 spiro atoms. The molecule has 0 unspecified atom stereocenters. The van der Waals surface area contributed by atoms with Crippen LogP contribution in [0.4, 0.5) is 4.79 Å². The number of carbonyl (C=O) groups excluding carboxylic acids is 3. The number of hydrogen-bond acceptors (Lipinski definition) is 5. The number of carbonyl (C=O) groups is 3. The number of nitrogens with zero attached hydrogens (tertiary/aromatic N) is 2. The van der Waals surface area contributed by atoms with E-state index in [2.05, 4.69) is 4.98 Å². The summed E-state index contributed by atoms with van der Waals surface area (Å²) in [6.07, 6.45) is 1.64. The number of rotatable bonds is 5. The molecule has 0 aliphatic carbocycles. The molecule has 2 aromatic carbocycles. The lowest BCUT2D eigenvalue weighted by Gasteiger charge is -2.21. The highest BCUT2D eigenvalue weighted by Gasteiger charge is 2.36. The smallest absolute Gasteiger partial charge is 0.294 e. The number of aromatic nitrogens is 1. The summed E-state index contributed by atoms with van der Waals surface area (Å²) in [7, 11) is 1.58. The average molecular weight is 433 g/mol. The van der Waals surface area contributed by atoms with Crippen molar-refractivity contribution in [3.05, 3.63) is 87.0 Å². The van der Waals surface area contributed by atoms with Crippen molar-refractivity contribution in [2.45, 2.75) is 6.54 Å². The Labute approximate surface area is 182 Å². The number of pyridine rings is 1.